The number of furan rings is 1. The highest BCUT2D eigenvalue weighted by atomic mass is 16.3. The highest BCUT2D eigenvalue weighted by Gasteiger charge is 2.76. The Balaban J connectivity index is 1.42. The maximum atomic E-state index is 14.4. The molecule has 0 saturated heterocycles. The molecule has 11 nitrogen and oxygen atoms in total. The summed E-state index contributed by atoms with van der Waals surface area (Å²) in [7, 11) is 3.13. The van der Waals surface area contributed by atoms with Crippen LogP contribution in [0, 0.1) is 22.7 Å². The summed E-state index contributed by atoms with van der Waals surface area (Å²) in [5.74, 6) is -7.79. The van der Waals surface area contributed by atoms with Crippen molar-refractivity contribution in [2.45, 2.75) is 83.0 Å². The molecular formula is C34H41N3O8. The lowest BCUT2D eigenvalue weighted by Crippen LogP contribution is -2.79. The molecule has 2 aromatic rings. The van der Waals surface area contributed by atoms with Crippen molar-refractivity contribution >= 4 is 29.0 Å². The SMILES string of the molecule is CN(C)[C@@H]1C(=O)C(C(N)=O)C(=O)[C@@]2(O)C(=O)C3C(=O)c4c(O)ccc(-c5ccc(CNC6CCCCC6)o5)c4C[C@@]3(C)C[C@@]12C. The van der Waals surface area contributed by atoms with Crippen molar-refractivity contribution < 1.29 is 38.6 Å². The number of aliphatic hydroxyl groups is 1. The summed E-state index contributed by atoms with van der Waals surface area (Å²) in [4.78, 5) is 69.8. The lowest BCUT2D eigenvalue weighted by atomic mass is 9.42. The first-order chi connectivity index (χ1) is 21.2. The number of aromatic hydroxyl groups is 1. The van der Waals surface area contributed by atoms with Gasteiger partial charge in [0.1, 0.15) is 17.3 Å². The number of rotatable bonds is 6. The molecule has 4 aliphatic rings. The van der Waals surface area contributed by atoms with Crippen molar-refractivity contribution in [3.8, 4) is 17.1 Å². The molecule has 1 heterocycles. The van der Waals surface area contributed by atoms with Gasteiger partial charge in [0.15, 0.2) is 34.7 Å². The molecule has 4 aliphatic carbocycles. The number of Topliss-reactive ketones (excluding diaryl/α,β-unsaturated/α-hetero) is 4. The number of phenols is 1. The largest absolute Gasteiger partial charge is 0.507 e. The number of benzene rings is 1. The summed E-state index contributed by atoms with van der Waals surface area (Å²) in [6.07, 6.45) is 5.97. The Bertz CT molecular complexity index is 1620. The van der Waals surface area contributed by atoms with E-state index in [-0.39, 0.29) is 24.2 Å². The van der Waals surface area contributed by atoms with Crippen LogP contribution in [-0.4, -0.2) is 75.9 Å². The molecule has 0 spiro atoms. The third-order valence-corrected chi connectivity index (χ3v) is 11.0. The predicted octanol–water partition coefficient (Wildman–Crippen LogP) is 2.33. The number of phenolic OH excluding ortho intramolecular Hbond substituents is 1. The van der Waals surface area contributed by atoms with Crippen molar-refractivity contribution in [3.05, 3.63) is 41.2 Å². The number of fused-ring (bicyclic) bond motifs is 3. The molecule has 45 heavy (non-hydrogen) atoms. The van der Waals surface area contributed by atoms with E-state index in [0.717, 1.165) is 18.6 Å². The van der Waals surface area contributed by atoms with Crippen LogP contribution in [0.3, 0.4) is 0 Å². The standard InChI is InChI=1S/C34H41N3O8/c1-32-14-20-19(22-13-10-18(45-22)15-36-17-8-6-5-7-9-17)11-12-21(38)23(20)26(39)25(32)30(42)34(44)29(41)24(31(35)43)27(40)28(37(3)4)33(34,2)16-32/h10-13,17,24-25,28,36,38,44H,5-9,14-16H2,1-4H3,(H2,35,43)/t24?,25?,28-,32+,33+,34-/m1/s1. The summed E-state index contributed by atoms with van der Waals surface area (Å²) in [5, 5.41) is 26.6. The Morgan fingerprint density at radius 1 is 1.04 bits per heavy atom. The molecule has 3 fully saturated rings. The van der Waals surface area contributed by atoms with Gasteiger partial charge in [0.25, 0.3) is 0 Å². The van der Waals surface area contributed by atoms with Gasteiger partial charge in [-0.05, 0) is 75.0 Å². The van der Waals surface area contributed by atoms with Crippen LogP contribution in [0.1, 0.15) is 74.1 Å². The van der Waals surface area contributed by atoms with E-state index in [9.17, 15) is 34.2 Å². The number of nitrogens with zero attached hydrogens (tertiary/aromatic N) is 1. The Morgan fingerprint density at radius 3 is 2.38 bits per heavy atom. The van der Waals surface area contributed by atoms with Gasteiger partial charge in [-0.3, -0.25) is 28.9 Å². The third kappa shape index (κ3) is 4.45. The molecule has 11 heteroatoms. The summed E-state index contributed by atoms with van der Waals surface area (Å²) in [5.41, 5.74) is 0.788. The van der Waals surface area contributed by atoms with E-state index in [0.29, 0.717) is 29.5 Å². The van der Waals surface area contributed by atoms with Crippen LogP contribution in [0.25, 0.3) is 11.3 Å². The normalized spacial score (nSPS) is 33.6. The van der Waals surface area contributed by atoms with Gasteiger partial charge in [0.05, 0.1) is 24.1 Å². The predicted molar refractivity (Wildman–Crippen MR) is 162 cm³/mol. The van der Waals surface area contributed by atoms with Crippen LogP contribution in [0.2, 0.25) is 0 Å². The van der Waals surface area contributed by atoms with Crippen LogP contribution in [0.4, 0.5) is 0 Å². The number of amides is 1. The molecule has 1 amide bonds. The zero-order chi connectivity index (χ0) is 32.6. The fraction of sp³-hybridized carbons (Fsp3) is 0.559. The number of likely N-dealkylation sites (N-methyl/N-ethyl adjacent to an activating group) is 1. The second-order valence-corrected chi connectivity index (χ2v) is 14.2. The van der Waals surface area contributed by atoms with Gasteiger partial charge < -0.3 is 25.7 Å². The molecule has 1 aromatic heterocycles. The fourth-order valence-electron chi connectivity index (χ4n) is 9.12. The average molecular weight is 620 g/mol. The van der Waals surface area contributed by atoms with E-state index >= 15 is 0 Å². The van der Waals surface area contributed by atoms with Crippen LogP contribution >= 0.6 is 0 Å². The third-order valence-electron chi connectivity index (χ3n) is 11.0. The summed E-state index contributed by atoms with van der Waals surface area (Å²) in [6.45, 7) is 3.78. The first kappa shape index (κ1) is 31.3. The van der Waals surface area contributed by atoms with Gasteiger partial charge >= 0.3 is 0 Å². The van der Waals surface area contributed by atoms with Gasteiger partial charge in [-0.1, -0.05) is 33.1 Å². The molecule has 1 aromatic carbocycles. The Hall–Kier alpha value is -3.67. The van der Waals surface area contributed by atoms with Gasteiger partial charge in [-0.25, -0.2) is 0 Å². The number of nitrogens with one attached hydrogen (secondary N) is 1. The zero-order valence-corrected chi connectivity index (χ0v) is 26.1. The molecule has 0 radical (unpaired) electrons. The van der Waals surface area contributed by atoms with E-state index in [1.807, 2.05) is 12.1 Å². The van der Waals surface area contributed by atoms with E-state index in [1.54, 1.807) is 27.1 Å². The molecular weight excluding hydrogens is 578 g/mol. The van der Waals surface area contributed by atoms with Gasteiger partial charge in [-0.2, -0.15) is 0 Å². The van der Waals surface area contributed by atoms with Crippen LogP contribution in [-0.2, 0) is 32.1 Å². The number of ketones is 4. The summed E-state index contributed by atoms with van der Waals surface area (Å²) in [6, 6.07) is 5.97. The van der Waals surface area contributed by atoms with Gasteiger partial charge in [0.2, 0.25) is 5.91 Å². The lowest BCUT2D eigenvalue weighted by molar-refractivity contribution is -0.203. The highest BCUT2D eigenvalue weighted by Crippen LogP contribution is 2.62. The molecule has 6 atom stereocenters. The number of hydrogen-bond acceptors (Lipinski definition) is 10. The van der Waals surface area contributed by atoms with Gasteiger partial charge in [-0.15, -0.1) is 0 Å². The molecule has 0 bridgehead atoms. The van der Waals surface area contributed by atoms with E-state index in [4.69, 9.17) is 10.2 Å². The monoisotopic (exact) mass is 619 g/mol. The van der Waals surface area contributed by atoms with Crippen molar-refractivity contribution in [1.82, 2.24) is 10.2 Å². The first-order valence-electron chi connectivity index (χ1n) is 15.7. The maximum Gasteiger partial charge on any atom is 0.235 e. The van der Waals surface area contributed by atoms with Crippen molar-refractivity contribution in [2.24, 2.45) is 28.4 Å². The van der Waals surface area contributed by atoms with Crippen molar-refractivity contribution in [2.75, 3.05) is 14.1 Å². The second kappa shape index (κ2) is 10.7. The van der Waals surface area contributed by atoms with Crippen molar-refractivity contribution in [3.63, 3.8) is 0 Å². The van der Waals surface area contributed by atoms with Crippen LogP contribution in [0.5, 0.6) is 5.75 Å². The topological polar surface area (TPSA) is 180 Å². The Morgan fingerprint density at radius 2 is 1.73 bits per heavy atom. The zero-order valence-electron chi connectivity index (χ0n) is 26.1. The molecule has 240 valence electrons. The minimum absolute atomic E-state index is 0.0660. The molecule has 0 aliphatic heterocycles. The number of primary amides is 1. The van der Waals surface area contributed by atoms with Crippen LogP contribution < -0.4 is 11.1 Å². The van der Waals surface area contributed by atoms with Crippen molar-refractivity contribution in [1.29, 1.82) is 0 Å². The molecule has 3 saturated carbocycles. The van der Waals surface area contributed by atoms with E-state index < -0.39 is 63.3 Å². The van der Waals surface area contributed by atoms with E-state index in [1.165, 1.54) is 37.2 Å². The minimum Gasteiger partial charge on any atom is -0.507 e. The average Bonchev–Trinajstić information content (AvgIpc) is 3.43. The lowest BCUT2D eigenvalue weighted by Gasteiger charge is -2.61. The molecule has 5 N–H and O–H groups in total. The molecule has 2 unspecified atom stereocenters. The fourth-order valence-corrected chi connectivity index (χ4v) is 9.12. The number of hydrogen-bond donors (Lipinski definition) is 4. The highest BCUT2D eigenvalue weighted by molar-refractivity contribution is 6.33. The number of carbonyl (C=O) groups is 5. The quantitative estimate of drug-likeness (QED) is 0.351. The maximum absolute atomic E-state index is 14.4. The first-order valence-corrected chi connectivity index (χ1v) is 15.7. The summed E-state index contributed by atoms with van der Waals surface area (Å²) < 4.78 is 6.22. The minimum atomic E-state index is -2.83. The number of carbonyl (C=O) groups excluding carboxylic acids is 5. The molecule has 6 rings (SSSR count). The van der Waals surface area contributed by atoms with Crippen LogP contribution in [0.15, 0.2) is 28.7 Å². The Kier molecular flexibility index (Phi) is 7.45. The van der Waals surface area contributed by atoms with E-state index in [2.05, 4.69) is 5.32 Å². The smallest absolute Gasteiger partial charge is 0.235 e. The number of nitrogens with two attached hydrogens (primary N) is 1. The van der Waals surface area contributed by atoms with Gasteiger partial charge in [0, 0.05) is 17.0 Å². The summed E-state index contributed by atoms with van der Waals surface area (Å²) >= 11 is 0. The second-order valence-electron chi connectivity index (χ2n) is 14.2. The Labute approximate surface area is 261 Å².